The highest BCUT2D eigenvalue weighted by Crippen LogP contribution is 2.21. The number of aryl methyl sites for hydroxylation is 1. The smallest absolute Gasteiger partial charge is 0.255 e. The van der Waals surface area contributed by atoms with Crippen molar-refractivity contribution in [3.05, 3.63) is 54.0 Å². The number of anilines is 1. The topological polar surface area (TPSA) is 88.5 Å². The molecule has 0 radical (unpaired) electrons. The van der Waals surface area contributed by atoms with E-state index in [1.807, 2.05) is 0 Å². The van der Waals surface area contributed by atoms with Gasteiger partial charge >= 0.3 is 0 Å². The van der Waals surface area contributed by atoms with E-state index in [1.165, 1.54) is 36.9 Å². The maximum Gasteiger partial charge on any atom is 0.255 e. The van der Waals surface area contributed by atoms with Gasteiger partial charge in [0, 0.05) is 5.56 Å². The Morgan fingerprint density at radius 3 is 2.81 bits per heavy atom. The highest BCUT2D eigenvalue weighted by Gasteiger charge is 2.16. The largest absolute Gasteiger partial charge is 0.317 e. The number of benzene rings is 1. The molecule has 8 heteroatoms. The average Bonchev–Trinajstić information content (AvgIpc) is 3.10. The van der Waals surface area contributed by atoms with E-state index in [9.17, 15) is 9.18 Å². The van der Waals surface area contributed by atoms with E-state index < -0.39 is 11.7 Å². The van der Waals surface area contributed by atoms with E-state index in [-0.39, 0.29) is 5.56 Å². The molecule has 7 nitrogen and oxygen atoms in total. The standard InChI is InChI=1S/C13H11FN6O/c1-8-11(12(19-18-8)20-6-15-16-7-20)17-13(21)9-3-2-4-10(14)5-9/h2-7H,1H3,(H,17,21)(H,18,19). The van der Waals surface area contributed by atoms with Crippen LogP contribution in [-0.2, 0) is 0 Å². The molecule has 2 heterocycles. The number of amides is 1. The molecule has 0 aliphatic rings. The van der Waals surface area contributed by atoms with Crippen LogP contribution in [0.25, 0.3) is 5.82 Å². The molecule has 1 aromatic carbocycles. The molecular formula is C13H11FN6O. The molecule has 21 heavy (non-hydrogen) atoms. The third-order valence-electron chi connectivity index (χ3n) is 2.92. The van der Waals surface area contributed by atoms with Crippen molar-refractivity contribution in [2.75, 3.05) is 5.32 Å². The van der Waals surface area contributed by atoms with E-state index in [1.54, 1.807) is 11.5 Å². The van der Waals surface area contributed by atoms with Crippen molar-refractivity contribution in [1.82, 2.24) is 25.0 Å². The minimum Gasteiger partial charge on any atom is -0.317 e. The number of halogens is 1. The van der Waals surface area contributed by atoms with Crippen LogP contribution < -0.4 is 5.32 Å². The molecule has 0 saturated heterocycles. The second-order valence-corrected chi connectivity index (χ2v) is 4.38. The van der Waals surface area contributed by atoms with Gasteiger partial charge in [-0.15, -0.1) is 10.2 Å². The normalized spacial score (nSPS) is 10.6. The van der Waals surface area contributed by atoms with Gasteiger partial charge in [0.15, 0.2) is 5.82 Å². The SMILES string of the molecule is Cc1[nH]nc(-n2cnnc2)c1NC(=O)c1cccc(F)c1. The molecule has 3 rings (SSSR count). The lowest BCUT2D eigenvalue weighted by molar-refractivity contribution is 0.102. The van der Waals surface area contributed by atoms with Gasteiger partial charge in [0.25, 0.3) is 5.91 Å². The first-order valence-electron chi connectivity index (χ1n) is 6.12. The average molecular weight is 286 g/mol. The number of nitrogens with one attached hydrogen (secondary N) is 2. The number of carbonyl (C=O) groups excluding carboxylic acids is 1. The quantitative estimate of drug-likeness (QED) is 0.767. The van der Waals surface area contributed by atoms with Gasteiger partial charge in [0.05, 0.1) is 5.69 Å². The Bertz CT molecular complexity index is 780. The highest BCUT2D eigenvalue weighted by atomic mass is 19.1. The molecule has 0 atom stereocenters. The third-order valence-corrected chi connectivity index (χ3v) is 2.92. The summed E-state index contributed by atoms with van der Waals surface area (Å²) in [6.07, 6.45) is 2.93. The predicted octanol–water partition coefficient (Wildman–Crippen LogP) is 1.69. The molecule has 2 aromatic heterocycles. The summed E-state index contributed by atoms with van der Waals surface area (Å²) >= 11 is 0. The summed E-state index contributed by atoms with van der Waals surface area (Å²) in [6, 6.07) is 5.46. The van der Waals surface area contributed by atoms with Gasteiger partial charge in [-0.25, -0.2) is 4.39 Å². The lowest BCUT2D eigenvalue weighted by atomic mass is 10.2. The first-order valence-corrected chi connectivity index (χ1v) is 6.12. The second-order valence-electron chi connectivity index (χ2n) is 4.38. The number of aromatic nitrogens is 5. The third kappa shape index (κ3) is 2.50. The fraction of sp³-hybridized carbons (Fsp3) is 0.0769. The molecule has 0 unspecified atom stereocenters. The zero-order valence-electron chi connectivity index (χ0n) is 11.0. The minimum atomic E-state index is -0.467. The van der Waals surface area contributed by atoms with Crippen LogP contribution >= 0.6 is 0 Å². The summed E-state index contributed by atoms with van der Waals surface area (Å²) in [5.41, 5.74) is 1.39. The molecule has 1 amide bonds. The Balaban J connectivity index is 1.92. The van der Waals surface area contributed by atoms with Crippen LogP contribution in [-0.4, -0.2) is 30.9 Å². The fourth-order valence-corrected chi connectivity index (χ4v) is 1.88. The van der Waals surface area contributed by atoms with E-state index in [0.717, 1.165) is 0 Å². The summed E-state index contributed by atoms with van der Waals surface area (Å²) in [4.78, 5) is 12.2. The van der Waals surface area contributed by atoms with E-state index in [0.29, 0.717) is 17.2 Å². The van der Waals surface area contributed by atoms with Crippen molar-refractivity contribution >= 4 is 11.6 Å². The van der Waals surface area contributed by atoms with Crippen LogP contribution in [0.1, 0.15) is 16.1 Å². The zero-order chi connectivity index (χ0) is 14.8. The molecule has 0 fully saturated rings. The Morgan fingerprint density at radius 2 is 2.10 bits per heavy atom. The Kier molecular flexibility index (Phi) is 3.19. The molecule has 0 spiro atoms. The number of hydrogen-bond donors (Lipinski definition) is 2. The molecule has 0 aliphatic heterocycles. The van der Waals surface area contributed by atoms with Gasteiger partial charge in [-0.3, -0.25) is 14.5 Å². The maximum absolute atomic E-state index is 13.2. The molecule has 3 aromatic rings. The number of nitrogens with zero attached hydrogens (tertiary/aromatic N) is 4. The van der Waals surface area contributed by atoms with E-state index in [2.05, 4.69) is 25.7 Å². The Hall–Kier alpha value is -3.03. The van der Waals surface area contributed by atoms with Crippen molar-refractivity contribution < 1.29 is 9.18 Å². The summed E-state index contributed by atoms with van der Waals surface area (Å²) in [5, 5.41) is 17.0. The van der Waals surface area contributed by atoms with Gasteiger partial charge in [0.1, 0.15) is 24.2 Å². The zero-order valence-corrected chi connectivity index (χ0v) is 11.0. The van der Waals surface area contributed by atoms with E-state index in [4.69, 9.17) is 0 Å². The molecule has 106 valence electrons. The first kappa shape index (κ1) is 13.0. The number of carbonyl (C=O) groups is 1. The fourth-order valence-electron chi connectivity index (χ4n) is 1.88. The van der Waals surface area contributed by atoms with Crippen LogP contribution in [0.4, 0.5) is 10.1 Å². The summed E-state index contributed by atoms with van der Waals surface area (Å²) < 4.78 is 14.7. The number of hydrogen-bond acceptors (Lipinski definition) is 4. The molecule has 0 bridgehead atoms. The molecular weight excluding hydrogens is 275 g/mol. The number of aromatic amines is 1. The van der Waals surface area contributed by atoms with Gasteiger partial charge in [0.2, 0.25) is 0 Å². The molecule has 0 aliphatic carbocycles. The van der Waals surface area contributed by atoms with Crippen molar-refractivity contribution in [3.63, 3.8) is 0 Å². The summed E-state index contributed by atoms with van der Waals surface area (Å²) in [5.74, 6) is -0.429. The van der Waals surface area contributed by atoms with Crippen LogP contribution in [0.15, 0.2) is 36.9 Å². The van der Waals surface area contributed by atoms with Crippen molar-refractivity contribution in [3.8, 4) is 5.82 Å². The lowest BCUT2D eigenvalue weighted by Crippen LogP contribution is -2.14. The minimum absolute atomic E-state index is 0.227. The van der Waals surface area contributed by atoms with Crippen molar-refractivity contribution in [2.45, 2.75) is 6.92 Å². The van der Waals surface area contributed by atoms with E-state index >= 15 is 0 Å². The lowest BCUT2D eigenvalue weighted by Gasteiger charge is -2.07. The maximum atomic E-state index is 13.2. The van der Waals surface area contributed by atoms with Crippen LogP contribution in [0, 0.1) is 12.7 Å². The van der Waals surface area contributed by atoms with Crippen LogP contribution in [0.3, 0.4) is 0 Å². The van der Waals surface area contributed by atoms with Gasteiger partial charge < -0.3 is 5.32 Å². The number of H-pyrrole nitrogens is 1. The first-order chi connectivity index (χ1) is 10.1. The second kappa shape index (κ2) is 5.16. The Morgan fingerprint density at radius 1 is 1.33 bits per heavy atom. The summed E-state index contributed by atoms with van der Waals surface area (Å²) in [7, 11) is 0. The van der Waals surface area contributed by atoms with Gasteiger partial charge in [-0.2, -0.15) is 5.10 Å². The molecule has 2 N–H and O–H groups in total. The van der Waals surface area contributed by atoms with Gasteiger partial charge in [-0.1, -0.05) is 6.07 Å². The highest BCUT2D eigenvalue weighted by molar-refractivity contribution is 6.05. The van der Waals surface area contributed by atoms with Gasteiger partial charge in [-0.05, 0) is 25.1 Å². The van der Waals surface area contributed by atoms with Crippen molar-refractivity contribution in [1.29, 1.82) is 0 Å². The molecule has 0 saturated carbocycles. The predicted molar refractivity (Wildman–Crippen MR) is 72.6 cm³/mol. The number of rotatable bonds is 3. The monoisotopic (exact) mass is 286 g/mol. The van der Waals surface area contributed by atoms with Crippen LogP contribution in [0.5, 0.6) is 0 Å². The van der Waals surface area contributed by atoms with Crippen LogP contribution in [0.2, 0.25) is 0 Å². The Labute approximate surface area is 118 Å². The summed E-state index contributed by atoms with van der Waals surface area (Å²) in [6.45, 7) is 1.77. The van der Waals surface area contributed by atoms with Crippen molar-refractivity contribution in [2.24, 2.45) is 0 Å².